The van der Waals surface area contributed by atoms with Crippen molar-refractivity contribution in [3.05, 3.63) is 0 Å². The molecule has 0 spiro atoms. The van der Waals surface area contributed by atoms with Crippen molar-refractivity contribution in [2.75, 3.05) is 20.3 Å². The largest absolute Gasteiger partial charge is 0.385 e. The minimum absolute atomic E-state index is 0.191. The molecule has 0 saturated carbocycles. The van der Waals surface area contributed by atoms with E-state index >= 15 is 0 Å². The molecule has 0 aromatic rings. The van der Waals surface area contributed by atoms with E-state index in [4.69, 9.17) is 4.74 Å². The van der Waals surface area contributed by atoms with E-state index in [1.807, 2.05) is 0 Å². The smallest absolute Gasteiger partial charge is 0.219 e. The van der Waals surface area contributed by atoms with Gasteiger partial charge in [0.05, 0.1) is 0 Å². The lowest BCUT2D eigenvalue weighted by Crippen LogP contribution is -2.24. The summed E-state index contributed by atoms with van der Waals surface area (Å²) < 4.78 is 4.92. The van der Waals surface area contributed by atoms with Crippen molar-refractivity contribution in [3.63, 3.8) is 0 Å². The molecule has 3 nitrogen and oxygen atoms in total. The predicted octanol–water partition coefficient (Wildman–Crippen LogP) is 2.11. The summed E-state index contributed by atoms with van der Waals surface area (Å²) in [4.78, 5) is 11.2. The molecule has 0 rings (SSSR count). The van der Waals surface area contributed by atoms with Crippen LogP contribution in [-0.2, 0) is 9.53 Å². The fourth-order valence-electron chi connectivity index (χ4n) is 1.22. The van der Waals surface area contributed by atoms with Crippen molar-refractivity contribution in [1.82, 2.24) is 5.32 Å². The summed E-state index contributed by atoms with van der Waals surface area (Å²) in [5, 5.41) is 2.91. The maximum Gasteiger partial charge on any atom is 0.219 e. The zero-order valence-electron chi connectivity index (χ0n) is 9.47. The highest BCUT2D eigenvalue weighted by atomic mass is 16.5. The molecule has 0 aliphatic heterocycles. The molecule has 84 valence electrons. The molecule has 3 heteroatoms. The Balaban J connectivity index is 3.10. The van der Waals surface area contributed by atoms with Crippen molar-refractivity contribution >= 4 is 5.91 Å². The first kappa shape index (κ1) is 13.4. The number of nitrogens with one attached hydrogen (secondary N) is 1. The van der Waals surface area contributed by atoms with Gasteiger partial charge in [-0.2, -0.15) is 0 Å². The van der Waals surface area contributed by atoms with E-state index in [9.17, 15) is 4.79 Å². The zero-order chi connectivity index (χ0) is 10.6. The van der Waals surface area contributed by atoms with Crippen LogP contribution >= 0.6 is 0 Å². The van der Waals surface area contributed by atoms with E-state index < -0.39 is 0 Å². The minimum Gasteiger partial charge on any atom is -0.385 e. The van der Waals surface area contributed by atoms with E-state index in [0.29, 0.717) is 6.42 Å². The Bertz CT molecular complexity index is 137. The van der Waals surface area contributed by atoms with Gasteiger partial charge in [0.25, 0.3) is 0 Å². The van der Waals surface area contributed by atoms with Crippen LogP contribution in [0.4, 0.5) is 0 Å². The number of unbranched alkanes of at least 4 members (excludes halogenated alkanes) is 3. The molecular formula is C11H23NO2. The topological polar surface area (TPSA) is 38.3 Å². The third-order valence-electron chi connectivity index (χ3n) is 2.10. The van der Waals surface area contributed by atoms with Crippen LogP contribution in [0.3, 0.4) is 0 Å². The van der Waals surface area contributed by atoms with Gasteiger partial charge >= 0.3 is 0 Å². The zero-order valence-corrected chi connectivity index (χ0v) is 9.47. The van der Waals surface area contributed by atoms with Crippen LogP contribution in [0.5, 0.6) is 0 Å². The maximum atomic E-state index is 11.2. The average molecular weight is 201 g/mol. The number of hydrogen-bond acceptors (Lipinski definition) is 2. The summed E-state index contributed by atoms with van der Waals surface area (Å²) in [6.07, 6.45) is 6.04. The Morgan fingerprint density at radius 2 is 2.00 bits per heavy atom. The summed E-state index contributed by atoms with van der Waals surface area (Å²) in [5.74, 6) is 0.191. The Hall–Kier alpha value is -0.570. The van der Waals surface area contributed by atoms with Gasteiger partial charge in [-0.1, -0.05) is 19.8 Å². The molecule has 0 aromatic carbocycles. The second-order valence-electron chi connectivity index (χ2n) is 3.51. The SMILES string of the molecule is CCCCCC(=O)NCCCCOC. The van der Waals surface area contributed by atoms with Gasteiger partial charge < -0.3 is 10.1 Å². The third-order valence-corrected chi connectivity index (χ3v) is 2.10. The molecule has 0 saturated heterocycles. The van der Waals surface area contributed by atoms with Gasteiger partial charge in [-0.25, -0.2) is 0 Å². The number of rotatable bonds is 9. The third kappa shape index (κ3) is 9.52. The van der Waals surface area contributed by atoms with Gasteiger partial charge in [-0.15, -0.1) is 0 Å². The quantitative estimate of drug-likeness (QED) is 0.580. The Morgan fingerprint density at radius 1 is 1.21 bits per heavy atom. The standard InChI is InChI=1S/C11H23NO2/c1-3-4-5-8-11(13)12-9-6-7-10-14-2/h3-10H2,1-2H3,(H,12,13). The number of amides is 1. The molecule has 0 atom stereocenters. The first-order valence-corrected chi connectivity index (χ1v) is 5.57. The van der Waals surface area contributed by atoms with Crippen LogP contribution in [0.15, 0.2) is 0 Å². The molecule has 0 bridgehead atoms. The predicted molar refractivity (Wildman–Crippen MR) is 58.3 cm³/mol. The lowest BCUT2D eigenvalue weighted by Gasteiger charge is -2.04. The lowest BCUT2D eigenvalue weighted by atomic mass is 10.2. The van der Waals surface area contributed by atoms with Crippen LogP contribution < -0.4 is 5.32 Å². The molecule has 1 amide bonds. The van der Waals surface area contributed by atoms with Crippen molar-refractivity contribution in [1.29, 1.82) is 0 Å². The van der Waals surface area contributed by atoms with Gasteiger partial charge in [-0.3, -0.25) is 4.79 Å². The van der Waals surface area contributed by atoms with Crippen LogP contribution in [0.25, 0.3) is 0 Å². The minimum atomic E-state index is 0.191. The molecule has 0 heterocycles. The fraction of sp³-hybridized carbons (Fsp3) is 0.909. The van der Waals surface area contributed by atoms with E-state index in [2.05, 4.69) is 12.2 Å². The van der Waals surface area contributed by atoms with Crippen LogP contribution in [-0.4, -0.2) is 26.2 Å². The summed E-state index contributed by atoms with van der Waals surface area (Å²) in [6.45, 7) is 3.71. The molecule has 0 fully saturated rings. The normalized spacial score (nSPS) is 10.1. The maximum absolute atomic E-state index is 11.2. The van der Waals surface area contributed by atoms with Crippen molar-refractivity contribution < 1.29 is 9.53 Å². The van der Waals surface area contributed by atoms with Crippen LogP contribution in [0, 0.1) is 0 Å². The van der Waals surface area contributed by atoms with E-state index in [1.54, 1.807) is 7.11 Å². The highest BCUT2D eigenvalue weighted by Gasteiger charge is 1.98. The summed E-state index contributed by atoms with van der Waals surface area (Å²) in [7, 11) is 1.70. The van der Waals surface area contributed by atoms with Crippen LogP contribution in [0.1, 0.15) is 45.4 Å². The number of methoxy groups -OCH3 is 1. The molecule has 0 radical (unpaired) electrons. The van der Waals surface area contributed by atoms with Gasteiger partial charge in [0.2, 0.25) is 5.91 Å². The number of carbonyl (C=O) groups excluding carboxylic acids is 1. The van der Waals surface area contributed by atoms with Crippen molar-refractivity contribution in [2.24, 2.45) is 0 Å². The van der Waals surface area contributed by atoms with Gasteiger partial charge in [0, 0.05) is 26.7 Å². The fourth-order valence-corrected chi connectivity index (χ4v) is 1.22. The Labute approximate surface area is 87.2 Å². The summed E-state index contributed by atoms with van der Waals surface area (Å²) in [5.41, 5.74) is 0. The van der Waals surface area contributed by atoms with Crippen molar-refractivity contribution in [2.45, 2.75) is 45.4 Å². The molecular weight excluding hydrogens is 178 g/mol. The van der Waals surface area contributed by atoms with E-state index in [0.717, 1.165) is 38.8 Å². The molecule has 1 N–H and O–H groups in total. The van der Waals surface area contributed by atoms with Gasteiger partial charge in [0.1, 0.15) is 0 Å². The van der Waals surface area contributed by atoms with Gasteiger partial charge in [0.15, 0.2) is 0 Å². The second-order valence-corrected chi connectivity index (χ2v) is 3.51. The molecule has 0 aliphatic rings. The summed E-state index contributed by atoms with van der Waals surface area (Å²) >= 11 is 0. The number of hydrogen-bond donors (Lipinski definition) is 1. The second kappa shape index (κ2) is 10.5. The van der Waals surface area contributed by atoms with E-state index in [-0.39, 0.29) is 5.91 Å². The highest BCUT2D eigenvalue weighted by Crippen LogP contribution is 1.98. The highest BCUT2D eigenvalue weighted by molar-refractivity contribution is 5.75. The summed E-state index contributed by atoms with van der Waals surface area (Å²) in [6, 6.07) is 0. The Morgan fingerprint density at radius 3 is 2.64 bits per heavy atom. The van der Waals surface area contributed by atoms with Gasteiger partial charge in [-0.05, 0) is 19.3 Å². The monoisotopic (exact) mass is 201 g/mol. The molecule has 14 heavy (non-hydrogen) atoms. The first-order chi connectivity index (χ1) is 6.81. The lowest BCUT2D eigenvalue weighted by molar-refractivity contribution is -0.121. The Kier molecular flexibility index (Phi) is 10.1. The molecule has 0 aromatic heterocycles. The van der Waals surface area contributed by atoms with Crippen LogP contribution in [0.2, 0.25) is 0 Å². The number of carbonyl (C=O) groups is 1. The average Bonchev–Trinajstić information content (AvgIpc) is 2.18. The number of ether oxygens (including phenoxy) is 1. The van der Waals surface area contributed by atoms with E-state index in [1.165, 1.54) is 6.42 Å². The molecule has 0 aliphatic carbocycles. The van der Waals surface area contributed by atoms with Crippen molar-refractivity contribution in [3.8, 4) is 0 Å². The molecule has 0 unspecified atom stereocenters. The first-order valence-electron chi connectivity index (χ1n) is 5.57.